The third-order valence-electron chi connectivity index (χ3n) is 2.23. The van der Waals surface area contributed by atoms with E-state index in [2.05, 4.69) is 45.2 Å². The van der Waals surface area contributed by atoms with Gasteiger partial charge in [-0.2, -0.15) is 0 Å². The summed E-state index contributed by atoms with van der Waals surface area (Å²) in [6.07, 6.45) is 5.48. The van der Waals surface area contributed by atoms with Crippen LogP contribution in [0.15, 0.2) is 23.3 Å². The maximum atomic E-state index is 3.23. The van der Waals surface area contributed by atoms with E-state index in [0.717, 1.165) is 13.0 Å². The smallest absolute Gasteiger partial charge is 0.0170 e. The average molecular weight is 181 g/mol. The van der Waals surface area contributed by atoms with Crippen LogP contribution in [0.1, 0.15) is 34.1 Å². The molecular weight excluding hydrogens is 158 g/mol. The molecule has 1 heteroatoms. The highest BCUT2D eigenvalue weighted by molar-refractivity contribution is 5.27. The molecule has 0 radical (unpaired) electrons. The van der Waals surface area contributed by atoms with Gasteiger partial charge in [-0.15, -0.1) is 0 Å². The fourth-order valence-corrected chi connectivity index (χ4v) is 1.53. The lowest BCUT2D eigenvalue weighted by molar-refractivity contribution is 0.693. The minimum Gasteiger partial charge on any atom is -0.316 e. The van der Waals surface area contributed by atoms with Crippen LogP contribution < -0.4 is 5.32 Å². The molecule has 0 heterocycles. The number of allylic oxidation sites excluding steroid dienone is 3. The van der Waals surface area contributed by atoms with Crippen molar-refractivity contribution in [3.05, 3.63) is 23.3 Å². The van der Waals surface area contributed by atoms with Gasteiger partial charge in [0.15, 0.2) is 0 Å². The molecule has 13 heavy (non-hydrogen) atoms. The zero-order chi connectivity index (χ0) is 10.3. The minimum atomic E-state index is 0.638. The maximum absolute atomic E-state index is 3.23. The molecule has 0 amide bonds. The normalized spacial score (nSPS) is 14.0. The lowest BCUT2D eigenvalue weighted by Gasteiger charge is -2.15. The van der Waals surface area contributed by atoms with Gasteiger partial charge in [-0.05, 0) is 31.9 Å². The molecule has 0 aliphatic carbocycles. The topological polar surface area (TPSA) is 12.0 Å². The molecule has 0 aromatic heterocycles. The highest BCUT2D eigenvalue weighted by Crippen LogP contribution is 2.17. The van der Waals surface area contributed by atoms with Crippen molar-refractivity contribution in [1.82, 2.24) is 5.32 Å². The number of hydrogen-bond acceptors (Lipinski definition) is 1. The second-order valence-corrected chi connectivity index (χ2v) is 3.59. The molecule has 0 atom stereocenters. The lowest BCUT2D eigenvalue weighted by Crippen LogP contribution is -2.15. The van der Waals surface area contributed by atoms with Crippen molar-refractivity contribution < 1.29 is 0 Å². The molecule has 76 valence electrons. The standard InChI is InChI=1S/C12H23N/c1-6-8-11(7-2)12(9-13-5)10(3)4/h6,8,10,13H,7,9H2,1-5H3/b8-6-,12-11+. The summed E-state index contributed by atoms with van der Waals surface area (Å²) in [4.78, 5) is 0. The fraction of sp³-hybridized carbons (Fsp3) is 0.667. The van der Waals surface area contributed by atoms with Crippen molar-refractivity contribution in [3.8, 4) is 0 Å². The molecule has 0 saturated carbocycles. The van der Waals surface area contributed by atoms with Gasteiger partial charge in [0.2, 0.25) is 0 Å². The van der Waals surface area contributed by atoms with E-state index in [1.165, 1.54) is 11.1 Å². The molecule has 0 aromatic rings. The van der Waals surface area contributed by atoms with E-state index in [0.29, 0.717) is 5.92 Å². The second-order valence-electron chi connectivity index (χ2n) is 3.59. The Balaban J connectivity index is 4.76. The predicted octanol–water partition coefficient (Wildman–Crippen LogP) is 3.14. The van der Waals surface area contributed by atoms with E-state index in [4.69, 9.17) is 0 Å². The van der Waals surface area contributed by atoms with Crippen molar-refractivity contribution >= 4 is 0 Å². The molecule has 1 nitrogen and oxygen atoms in total. The molecule has 0 fully saturated rings. The Morgan fingerprint density at radius 1 is 1.38 bits per heavy atom. The first-order chi connectivity index (χ1) is 6.17. The van der Waals surface area contributed by atoms with Crippen LogP contribution in [0.5, 0.6) is 0 Å². The van der Waals surface area contributed by atoms with E-state index < -0.39 is 0 Å². The van der Waals surface area contributed by atoms with Gasteiger partial charge >= 0.3 is 0 Å². The Hall–Kier alpha value is -0.560. The van der Waals surface area contributed by atoms with Gasteiger partial charge in [-0.25, -0.2) is 0 Å². The third kappa shape index (κ3) is 4.28. The van der Waals surface area contributed by atoms with Crippen LogP contribution in [0.2, 0.25) is 0 Å². The molecule has 0 saturated heterocycles. The van der Waals surface area contributed by atoms with Crippen molar-refractivity contribution in [1.29, 1.82) is 0 Å². The monoisotopic (exact) mass is 181 g/mol. The molecule has 0 rings (SSSR count). The molecule has 0 aromatic carbocycles. The summed E-state index contributed by atoms with van der Waals surface area (Å²) in [7, 11) is 2.01. The quantitative estimate of drug-likeness (QED) is 0.642. The van der Waals surface area contributed by atoms with E-state index >= 15 is 0 Å². The number of hydrogen-bond donors (Lipinski definition) is 1. The first-order valence-electron chi connectivity index (χ1n) is 5.16. The molecule has 0 unspecified atom stereocenters. The molecule has 0 spiro atoms. The summed E-state index contributed by atoms with van der Waals surface area (Å²) in [6, 6.07) is 0. The van der Waals surface area contributed by atoms with E-state index in [-0.39, 0.29) is 0 Å². The van der Waals surface area contributed by atoms with Gasteiger partial charge in [-0.3, -0.25) is 0 Å². The SMILES string of the molecule is C/C=C\C(CC)=C(/CNC)C(C)C. The van der Waals surface area contributed by atoms with E-state index in [9.17, 15) is 0 Å². The fourth-order valence-electron chi connectivity index (χ4n) is 1.53. The number of rotatable bonds is 5. The Kier molecular flexibility index (Phi) is 6.61. The van der Waals surface area contributed by atoms with Crippen LogP contribution in [0.4, 0.5) is 0 Å². The molecule has 0 aliphatic heterocycles. The van der Waals surface area contributed by atoms with Gasteiger partial charge < -0.3 is 5.32 Å². The summed E-state index contributed by atoms with van der Waals surface area (Å²) in [5.41, 5.74) is 3.01. The lowest BCUT2D eigenvalue weighted by atomic mass is 9.95. The highest BCUT2D eigenvalue weighted by atomic mass is 14.8. The van der Waals surface area contributed by atoms with Gasteiger partial charge in [-0.1, -0.05) is 38.5 Å². The Morgan fingerprint density at radius 2 is 2.00 bits per heavy atom. The van der Waals surface area contributed by atoms with Crippen LogP contribution in [0.3, 0.4) is 0 Å². The van der Waals surface area contributed by atoms with E-state index in [1.54, 1.807) is 0 Å². The molecule has 0 aliphatic rings. The first-order valence-corrected chi connectivity index (χ1v) is 5.16. The van der Waals surface area contributed by atoms with E-state index in [1.807, 2.05) is 7.05 Å². The van der Waals surface area contributed by atoms with Crippen LogP contribution in [-0.4, -0.2) is 13.6 Å². The van der Waals surface area contributed by atoms with Gasteiger partial charge in [0.25, 0.3) is 0 Å². The Bertz CT molecular complexity index is 187. The summed E-state index contributed by atoms with van der Waals surface area (Å²) in [5.74, 6) is 0.638. The van der Waals surface area contributed by atoms with Crippen molar-refractivity contribution in [3.63, 3.8) is 0 Å². The number of likely N-dealkylation sites (N-methyl/N-ethyl adjacent to an activating group) is 1. The Morgan fingerprint density at radius 3 is 2.31 bits per heavy atom. The summed E-state index contributed by atoms with van der Waals surface area (Å²) >= 11 is 0. The van der Waals surface area contributed by atoms with Gasteiger partial charge in [0.05, 0.1) is 0 Å². The van der Waals surface area contributed by atoms with Crippen molar-refractivity contribution in [2.45, 2.75) is 34.1 Å². The maximum Gasteiger partial charge on any atom is 0.0170 e. The molecule has 0 bridgehead atoms. The zero-order valence-electron chi connectivity index (χ0n) is 9.65. The third-order valence-corrected chi connectivity index (χ3v) is 2.23. The average Bonchev–Trinajstić information content (AvgIpc) is 2.10. The van der Waals surface area contributed by atoms with Crippen molar-refractivity contribution in [2.24, 2.45) is 5.92 Å². The van der Waals surface area contributed by atoms with Crippen LogP contribution in [-0.2, 0) is 0 Å². The van der Waals surface area contributed by atoms with Crippen molar-refractivity contribution in [2.75, 3.05) is 13.6 Å². The van der Waals surface area contributed by atoms with Gasteiger partial charge in [0.1, 0.15) is 0 Å². The minimum absolute atomic E-state index is 0.638. The zero-order valence-corrected chi connectivity index (χ0v) is 9.65. The van der Waals surface area contributed by atoms with Crippen LogP contribution in [0.25, 0.3) is 0 Å². The summed E-state index contributed by atoms with van der Waals surface area (Å²) < 4.78 is 0. The molecule has 1 N–H and O–H groups in total. The highest BCUT2D eigenvalue weighted by Gasteiger charge is 2.06. The largest absolute Gasteiger partial charge is 0.316 e. The Labute approximate surface area is 82.9 Å². The summed E-state index contributed by atoms with van der Waals surface area (Å²) in [5, 5.41) is 3.23. The predicted molar refractivity (Wildman–Crippen MR) is 60.9 cm³/mol. The molecular formula is C12H23N. The van der Waals surface area contributed by atoms with Gasteiger partial charge in [0, 0.05) is 6.54 Å². The van der Waals surface area contributed by atoms with Crippen LogP contribution >= 0.6 is 0 Å². The first kappa shape index (κ1) is 12.4. The summed E-state index contributed by atoms with van der Waals surface area (Å²) in [6.45, 7) is 9.81. The number of nitrogens with one attached hydrogen (secondary N) is 1. The van der Waals surface area contributed by atoms with Crippen LogP contribution in [0, 0.1) is 5.92 Å². The second kappa shape index (κ2) is 6.90.